The number of hydrogen-bond donors (Lipinski definition) is 1. The first-order chi connectivity index (χ1) is 8.97. The molecule has 0 saturated carbocycles. The lowest BCUT2D eigenvalue weighted by molar-refractivity contribution is 0.00631. The summed E-state index contributed by atoms with van der Waals surface area (Å²) in [6, 6.07) is 0. The maximum atomic E-state index is 5.57. The first kappa shape index (κ1) is 17.0. The summed E-state index contributed by atoms with van der Waals surface area (Å²) in [5.74, 6) is 0. The van der Waals surface area contributed by atoms with E-state index in [0.717, 1.165) is 19.8 Å². The second-order valence-corrected chi connectivity index (χ2v) is 7.38. The van der Waals surface area contributed by atoms with Gasteiger partial charge in [0.15, 0.2) is 0 Å². The van der Waals surface area contributed by atoms with Gasteiger partial charge in [-0.15, -0.1) is 0 Å². The SMILES string of the molecule is CCCCCCCC1(CNC(C)(C)C)CCOCC1. The normalized spacial score (nSPS) is 19.6. The molecule has 0 unspecified atom stereocenters. The van der Waals surface area contributed by atoms with Gasteiger partial charge in [-0.2, -0.15) is 0 Å². The average molecular weight is 269 g/mol. The lowest BCUT2D eigenvalue weighted by atomic mass is 9.75. The molecular formula is C17H35NO. The summed E-state index contributed by atoms with van der Waals surface area (Å²) in [5.41, 5.74) is 0.727. The third-order valence-corrected chi connectivity index (χ3v) is 4.36. The third kappa shape index (κ3) is 7.31. The highest BCUT2D eigenvalue weighted by atomic mass is 16.5. The molecule has 1 rings (SSSR count). The van der Waals surface area contributed by atoms with Crippen LogP contribution >= 0.6 is 0 Å². The molecule has 19 heavy (non-hydrogen) atoms. The monoisotopic (exact) mass is 269 g/mol. The van der Waals surface area contributed by atoms with Crippen LogP contribution in [0.2, 0.25) is 0 Å². The Bertz CT molecular complexity index is 226. The van der Waals surface area contributed by atoms with Crippen molar-refractivity contribution in [3.05, 3.63) is 0 Å². The van der Waals surface area contributed by atoms with E-state index in [-0.39, 0.29) is 5.54 Å². The second kappa shape index (κ2) is 8.26. The van der Waals surface area contributed by atoms with E-state index in [1.807, 2.05) is 0 Å². The van der Waals surface area contributed by atoms with Gasteiger partial charge >= 0.3 is 0 Å². The van der Waals surface area contributed by atoms with Crippen molar-refractivity contribution in [2.45, 2.75) is 84.6 Å². The molecule has 2 nitrogen and oxygen atoms in total. The molecule has 0 spiro atoms. The molecule has 114 valence electrons. The fourth-order valence-corrected chi connectivity index (χ4v) is 2.88. The molecule has 1 aliphatic rings. The lowest BCUT2D eigenvalue weighted by Crippen LogP contribution is -2.46. The van der Waals surface area contributed by atoms with Gasteiger partial charge in [-0.3, -0.25) is 0 Å². The molecule has 1 aliphatic heterocycles. The quantitative estimate of drug-likeness (QED) is 0.654. The highest BCUT2D eigenvalue weighted by molar-refractivity contribution is 4.86. The molecule has 1 saturated heterocycles. The fourth-order valence-electron chi connectivity index (χ4n) is 2.88. The van der Waals surface area contributed by atoms with E-state index >= 15 is 0 Å². The number of unbranched alkanes of at least 4 members (excludes halogenated alkanes) is 4. The summed E-state index contributed by atoms with van der Waals surface area (Å²) in [6.45, 7) is 12.2. The molecule has 1 heterocycles. The molecule has 0 radical (unpaired) electrons. The highest BCUT2D eigenvalue weighted by Gasteiger charge is 2.32. The van der Waals surface area contributed by atoms with Gasteiger partial charge in [0.2, 0.25) is 0 Å². The van der Waals surface area contributed by atoms with Gasteiger partial charge in [0.1, 0.15) is 0 Å². The molecule has 0 amide bonds. The van der Waals surface area contributed by atoms with E-state index in [0.29, 0.717) is 5.41 Å². The summed E-state index contributed by atoms with van der Waals surface area (Å²) in [5, 5.41) is 3.73. The minimum absolute atomic E-state index is 0.230. The van der Waals surface area contributed by atoms with Gasteiger partial charge < -0.3 is 10.1 Å². The number of nitrogens with one attached hydrogen (secondary N) is 1. The minimum atomic E-state index is 0.230. The van der Waals surface area contributed by atoms with Crippen molar-refractivity contribution in [3.8, 4) is 0 Å². The van der Waals surface area contributed by atoms with E-state index in [9.17, 15) is 0 Å². The number of ether oxygens (including phenoxy) is 1. The first-order valence-electron chi connectivity index (χ1n) is 8.30. The predicted molar refractivity (Wildman–Crippen MR) is 83.6 cm³/mol. The highest BCUT2D eigenvalue weighted by Crippen LogP contribution is 2.36. The predicted octanol–water partition coefficient (Wildman–Crippen LogP) is 4.53. The van der Waals surface area contributed by atoms with Gasteiger partial charge in [0, 0.05) is 25.3 Å². The standard InChI is InChI=1S/C17H35NO/c1-5-6-7-8-9-10-17(11-13-19-14-12-17)15-18-16(2,3)4/h18H,5-15H2,1-4H3. The summed E-state index contributed by atoms with van der Waals surface area (Å²) in [6.07, 6.45) is 10.8. The Balaban J connectivity index is 2.36. The van der Waals surface area contributed by atoms with Crippen LogP contribution in [0.4, 0.5) is 0 Å². The zero-order valence-corrected chi connectivity index (χ0v) is 13.7. The molecule has 0 aliphatic carbocycles. The summed E-state index contributed by atoms with van der Waals surface area (Å²) >= 11 is 0. The van der Waals surface area contributed by atoms with Crippen LogP contribution in [0.25, 0.3) is 0 Å². The summed E-state index contributed by atoms with van der Waals surface area (Å²) < 4.78 is 5.57. The molecule has 0 aromatic rings. The van der Waals surface area contributed by atoms with E-state index < -0.39 is 0 Å². The number of hydrogen-bond acceptors (Lipinski definition) is 2. The second-order valence-electron chi connectivity index (χ2n) is 7.38. The minimum Gasteiger partial charge on any atom is -0.381 e. The van der Waals surface area contributed by atoms with Crippen LogP contribution in [0, 0.1) is 5.41 Å². The number of rotatable bonds is 8. The maximum absolute atomic E-state index is 5.57. The van der Waals surface area contributed by atoms with E-state index in [1.165, 1.54) is 51.4 Å². The Morgan fingerprint density at radius 3 is 2.21 bits per heavy atom. The summed E-state index contributed by atoms with van der Waals surface area (Å²) in [7, 11) is 0. The first-order valence-corrected chi connectivity index (χ1v) is 8.30. The van der Waals surface area contributed by atoms with Crippen LogP contribution in [0.15, 0.2) is 0 Å². The topological polar surface area (TPSA) is 21.3 Å². The molecule has 0 atom stereocenters. The molecule has 1 fully saturated rings. The van der Waals surface area contributed by atoms with Crippen LogP contribution in [-0.4, -0.2) is 25.3 Å². The largest absolute Gasteiger partial charge is 0.381 e. The van der Waals surface area contributed by atoms with Gasteiger partial charge in [-0.1, -0.05) is 39.0 Å². The van der Waals surface area contributed by atoms with Crippen LogP contribution in [-0.2, 0) is 4.74 Å². The van der Waals surface area contributed by atoms with Crippen molar-refractivity contribution in [2.24, 2.45) is 5.41 Å². The molecule has 0 bridgehead atoms. The molecule has 0 aromatic heterocycles. The Labute approximate surface area is 120 Å². The van der Waals surface area contributed by atoms with Crippen LogP contribution in [0.3, 0.4) is 0 Å². The van der Waals surface area contributed by atoms with Gasteiger partial charge in [0.05, 0.1) is 0 Å². The molecule has 0 aromatic carbocycles. The van der Waals surface area contributed by atoms with Crippen molar-refractivity contribution in [1.82, 2.24) is 5.32 Å². The maximum Gasteiger partial charge on any atom is 0.0471 e. The van der Waals surface area contributed by atoms with E-state index in [4.69, 9.17) is 4.74 Å². The van der Waals surface area contributed by atoms with Gasteiger partial charge in [-0.25, -0.2) is 0 Å². The van der Waals surface area contributed by atoms with Crippen molar-refractivity contribution in [3.63, 3.8) is 0 Å². The Morgan fingerprint density at radius 1 is 1.00 bits per heavy atom. The molecule has 1 N–H and O–H groups in total. The van der Waals surface area contributed by atoms with Crippen molar-refractivity contribution in [2.75, 3.05) is 19.8 Å². The molecular weight excluding hydrogens is 234 g/mol. The summed E-state index contributed by atoms with van der Waals surface area (Å²) in [4.78, 5) is 0. The Kier molecular flexibility index (Phi) is 7.38. The van der Waals surface area contributed by atoms with Crippen molar-refractivity contribution >= 4 is 0 Å². The van der Waals surface area contributed by atoms with Gasteiger partial charge in [-0.05, 0) is 45.4 Å². The van der Waals surface area contributed by atoms with Crippen LogP contribution < -0.4 is 5.32 Å². The average Bonchev–Trinajstić information content (AvgIpc) is 2.37. The van der Waals surface area contributed by atoms with E-state index in [2.05, 4.69) is 33.0 Å². The van der Waals surface area contributed by atoms with Crippen molar-refractivity contribution in [1.29, 1.82) is 0 Å². The zero-order chi connectivity index (χ0) is 14.2. The lowest BCUT2D eigenvalue weighted by Gasteiger charge is -2.40. The Morgan fingerprint density at radius 2 is 1.63 bits per heavy atom. The third-order valence-electron chi connectivity index (χ3n) is 4.36. The van der Waals surface area contributed by atoms with Crippen LogP contribution in [0.5, 0.6) is 0 Å². The Hall–Kier alpha value is -0.0800. The molecule has 2 heteroatoms. The van der Waals surface area contributed by atoms with Gasteiger partial charge in [0.25, 0.3) is 0 Å². The fraction of sp³-hybridized carbons (Fsp3) is 1.00. The van der Waals surface area contributed by atoms with Crippen LogP contribution in [0.1, 0.15) is 79.1 Å². The van der Waals surface area contributed by atoms with Crippen molar-refractivity contribution < 1.29 is 4.74 Å². The smallest absolute Gasteiger partial charge is 0.0471 e. The van der Waals surface area contributed by atoms with E-state index in [1.54, 1.807) is 0 Å². The zero-order valence-electron chi connectivity index (χ0n) is 13.7.